The lowest BCUT2D eigenvalue weighted by Gasteiger charge is -1.92. The van der Waals surface area contributed by atoms with Crippen LogP contribution in [0.3, 0.4) is 0 Å². The van der Waals surface area contributed by atoms with Crippen molar-refractivity contribution in [3.8, 4) is 0 Å². The third kappa shape index (κ3) is 8.54. The van der Waals surface area contributed by atoms with Crippen molar-refractivity contribution in [2.75, 3.05) is 0 Å². The molecular formula is C12H14N2O4. The van der Waals surface area contributed by atoms with E-state index in [2.05, 4.69) is 60.0 Å². The van der Waals surface area contributed by atoms with E-state index < -0.39 is 12.2 Å². The van der Waals surface area contributed by atoms with Gasteiger partial charge in [0, 0.05) is 0 Å². The Labute approximate surface area is 103 Å². The lowest BCUT2D eigenvalue weighted by Crippen LogP contribution is -2.03. The molecule has 0 aliphatic heterocycles. The molecule has 18 heavy (non-hydrogen) atoms. The number of primary amides is 2. The summed E-state index contributed by atoms with van der Waals surface area (Å²) in [4.78, 5) is 17.6. The van der Waals surface area contributed by atoms with Gasteiger partial charge in [0.2, 0.25) is 0 Å². The molecular weight excluding hydrogens is 236 g/mol. The van der Waals surface area contributed by atoms with Crippen molar-refractivity contribution in [2.24, 2.45) is 11.5 Å². The maximum Gasteiger partial charge on any atom is 0.402 e. The Balaban J connectivity index is 0.000000307. The van der Waals surface area contributed by atoms with Crippen molar-refractivity contribution in [1.82, 2.24) is 0 Å². The second-order valence-corrected chi connectivity index (χ2v) is 3.02. The van der Waals surface area contributed by atoms with Gasteiger partial charge in [0.05, 0.1) is 0 Å². The molecule has 0 bridgehead atoms. The summed E-state index contributed by atoms with van der Waals surface area (Å²) in [5, 5.41) is 17.0. The number of fused-ring (bicyclic) bond motifs is 1. The first-order valence-corrected chi connectivity index (χ1v) is 4.84. The first-order valence-electron chi connectivity index (χ1n) is 4.84. The van der Waals surface area contributed by atoms with Gasteiger partial charge in [-0.3, -0.25) is 0 Å². The second kappa shape index (κ2) is 8.40. The van der Waals surface area contributed by atoms with Gasteiger partial charge < -0.3 is 21.7 Å². The summed E-state index contributed by atoms with van der Waals surface area (Å²) in [6.45, 7) is 0. The first-order chi connectivity index (χ1) is 8.43. The third-order valence-electron chi connectivity index (χ3n) is 1.66. The fourth-order valence-electron chi connectivity index (χ4n) is 1.13. The van der Waals surface area contributed by atoms with E-state index in [4.69, 9.17) is 19.8 Å². The van der Waals surface area contributed by atoms with Crippen LogP contribution in [0, 0.1) is 0 Å². The van der Waals surface area contributed by atoms with Gasteiger partial charge in [0.15, 0.2) is 0 Å². The largest absolute Gasteiger partial charge is 0.465 e. The summed E-state index contributed by atoms with van der Waals surface area (Å²) in [7, 11) is 0. The summed E-state index contributed by atoms with van der Waals surface area (Å²) in [5.41, 5.74) is 8.06. The highest BCUT2D eigenvalue weighted by atomic mass is 16.4. The van der Waals surface area contributed by atoms with Crippen LogP contribution in [0.5, 0.6) is 0 Å². The van der Waals surface area contributed by atoms with Crippen molar-refractivity contribution < 1.29 is 19.8 Å². The zero-order chi connectivity index (χ0) is 14.0. The first kappa shape index (κ1) is 15.2. The number of hydrogen-bond acceptors (Lipinski definition) is 2. The summed E-state index contributed by atoms with van der Waals surface area (Å²) < 4.78 is 0. The Morgan fingerprint density at radius 2 is 0.889 bits per heavy atom. The van der Waals surface area contributed by atoms with E-state index in [1.807, 2.05) is 0 Å². The molecule has 0 aliphatic carbocycles. The number of hydrogen-bond donors (Lipinski definition) is 4. The Morgan fingerprint density at radius 1 is 0.722 bits per heavy atom. The summed E-state index contributed by atoms with van der Waals surface area (Å²) >= 11 is 0. The van der Waals surface area contributed by atoms with Crippen molar-refractivity contribution in [3.05, 3.63) is 48.5 Å². The molecule has 2 aromatic rings. The number of nitrogens with two attached hydrogens (primary N) is 2. The maximum atomic E-state index is 8.78. The van der Waals surface area contributed by atoms with Crippen LogP contribution in [0.4, 0.5) is 9.59 Å². The molecule has 0 radical (unpaired) electrons. The van der Waals surface area contributed by atoms with Crippen LogP contribution in [-0.2, 0) is 0 Å². The molecule has 0 fully saturated rings. The van der Waals surface area contributed by atoms with Crippen molar-refractivity contribution in [3.63, 3.8) is 0 Å². The van der Waals surface area contributed by atoms with Crippen LogP contribution in [0.2, 0.25) is 0 Å². The number of benzene rings is 2. The van der Waals surface area contributed by atoms with Gasteiger partial charge in [-0.25, -0.2) is 9.59 Å². The Morgan fingerprint density at radius 3 is 1.06 bits per heavy atom. The molecule has 6 nitrogen and oxygen atoms in total. The van der Waals surface area contributed by atoms with E-state index in [9.17, 15) is 0 Å². The summed E-state index contributed by atoms with van der Waals surface area (Å²) in [6.07, 6.45) is -2.67. The molecule has 0 saturated heterocycles. The van der Waals surface area contributed by atoms with Gasteiger partial charge in [0.1, 0.15) is 0 Å². The van der Waals surface area contributed by atoms with Crippen molar-refractivity contribution in [2.45, 2.75) is 0 Å². The quantitative estimate of drug-likeness (QED) is 0.570. The Kier molecular flexibility index (Phi) is 7.11. The van der Waals surface area contributed by atoms with Gasteiger partial charge in [0.25, 0.3) is 0 Å². The molecule has 0 heterocycles. The number of carboxylic acid groups (broad SMARTS) is 2. The van der Waals surface area contributed by atoms with E-state index in [1.165, 1.54) is 10.8 Å². The average molecular weight is 250 g/mol. The lowest BCUT2D eigenvalue weighted by molar-refractivity contribution is 0.204. The fourth-order valence-corrected chi connectivity index (χ4v) is 1.13. The van der Waals surface area contributed by atoms with Crippen LogP contribution in [0.1, 0.15) is 0 Å². The van der Waals surface area contributed by atoms with E-state index in [0.29, 0.717) is 0 Å². The van der Waals surface area contributed by atoms with E-state index in [0.717, 1.165) is 0 Å². The standard InChI is InChI=1S/C10H8.2CH3NO2/c1-2-6-10-8-4-3-7-9(10)5-1;2*2-1(3)4/h1-8H;2*2H2,(H,3,4). The van der Waals surface area contributed by atoms with Gasteiger partial charge in [-0.1, -0.05) is 48.5 Å². The average Bonchev–Trinajstić information content (AvgIpc) is 2.28. The van der Waals surface area contributed by atoms with Gasteiger partial charge in [-0.2, -0.15) is 0 Å². The molecule has 0 unspecified atom stereocenters. The van der Waals surface area contributed by atoms with Crippen LogP contribution >= 0.6 is 0 Å². The summed E-state index contributed by atoms with van der Waals surface area (Å²) in [5.74, 6) is 0. The minimum atomic E-state index is -1.33. The van der Waals surface area contributed by atoms with Gasteiger partial charge in [-0.15, -0.1) is 0 Å². The highest BCUT2D eigenvalue weighted by Crippen LogP contribution is 2.11. The molecule has 96 valence electrons. The molecule has 2 aromatic carbocycles. The topological polar surface area (TPSA) is 127 Å². The van der Waals surface area contributed by atoms with Crippen LogP contribution < -0.4 is 11.5 Å². The Hall–Kier alpha value is -2.76. The molecule has 0 aromatic heterocycles. The molecule has 2 rings (SSSR count). The van der Waals surface area contributed by atoms with Gasteiger partial charge in [-0.05, 0) is 10.8 Å². The minimum absolute atomic E-state index is 1.31. The highest BCUT2D eigenvalue weighted by Gasteiger charge is 1.85. The van der Waals surface area contributed by atoms with Crippen molar-refractivity contribution >= 4 is 23.0 Å². The lowest BCUT2D eigenvalue weighted by atomic mass is 10.1. The predicted octanol–water partition coefficient (Wildman–Crippen LogP) is 2.09. The smallest absolute Gasteiger partial charge is 0.402 e. The highest BCUT2D eigenvalue weighted by molar-refractivity contribution is 5.82. The zero-order valence-corrected chi connectivity index (χ0v) is 9.48. The van der Waals surface area contributed by atoms with E-state index in [1.54, 1.807) is 0 Å². The van der Waals surface area contributed by atoms with Crippen LogP contribution in [0.15, 0.2) is 48.5 Å². The number of amides is 2. The van der Waals surface area contributed by atoms with Crippen LogP contribution in [0.25, 0.3) is 10.8 Å². The number of rotatable bonds is 0. The summed E-state index contributed by atoms with van der Waals surface area (Å²) in [6, 6.07) is 16.7. The van der Waals surface area contributed by atoms with E-state index in [-0.39, 0.29) is 0 Å². The predicted molar refractivity (Wildman–Crippen MR) is 68.4 cm³/mol. The fraction of sp³-hybridized carbons (Fsp3) is 0. The SMILES string of the molecule is NC(=O)O.NC(=O)O.c1ccc2ccccc2c1. The zero-order valence-electron chi connectivity index (χ0n) is 9.48. The molecule has 2 amide bonds. The van der Waals surface area contributed by atoms with Crippen LogP contribution in [-0.4, -0.2) is 22.4 Å². The molecule has 0 aliphatic rings. The second-order valence-electron chi connectivity index (χ2n) is 3.02. The Bertz CT molecular complexity index is 429. The van der Waals surface area contributed by atoms with Gasteiger partial charge >= 0.3 is 12.2 Å². The molecule has 0 spiro atoms. The molecule has 0 saturated carbocycles. The monoisotopic (exact) mass is 250 g/mol. The molecule has 0 atom stereocenters. The molecule has 6 N–H and O–H groups in total. The van der Waals surface area contributed by atoms with E-state index >= 15 is 0 Å². The normalized spacial score (nSPS) is 8.22. The van der Waals surface area contributed by atoms with Crippen molar-refractivity contribution in [1.29, 1.82) is 0 Å². The molecule has 6 heteroatoms. The number of carbonyl (C=O) groups is 2. The minimum Gasteiger partial charge on any atom is -0.465 e. The third-order valence-corrected chi connectivity index (χ3v) is 1.66. The maximum absolute atomic E-state index is 8.78.